The molecule has 102 valence electrons. The van der Waals surface area contributed by atoms with Crippen LogP contribution in [0.3, 0.4) is 0 Å². The quantitative estimate of drug-likeness (QED) is 0.739. The maximum atomic E-state index is 12.3. The van der Waals surface area contributed by atoms with Gasteiger partial charge in [0.15, 0.2) is 0 Å². The van der Waals surface area contributed by atoms with Crippen LogP contribution < -0.4 is 10.0 Å². The highest BCUT2D eigenvalue weighted by Crippen LogP contribution is 2.19. The van der Waals surface area contributed by atoms with Crippen LogP contribution in [-0.2, 0) is 10.0 Å². The predicted molar refractivity (Wildman–Crippen MR) is 68.8 cm³/mol. The van der Waals surface area contributed by atoms with Gasteiger partial charge in [-0.15, -0.1) is 0 Å². The molecule has 2 rings (SSSR count). The molecule has 18 heavy (non-hydrogen) atoms. The molecular formula is C11H20N4O2S. The number of aromatic amines is 1. The smallest absolute Gasteiger partial charge is 0.244 e. The number of aryl methyl sites for hydroxylation is 2. The average molecular weight is 272 g/mol. The highest BCUT2D eigenvalue weighted by molar-refractivity contribution is 7.89. The molecule has 1 aromatic heterocycles. The second-order valence-electron chi connectivity index (χ2n) is 4.96. The van der Waals surface area contributed by atoms with Crippen molar-refractivity contribution in [3.05, 3.63) is 11.4 Å². The second kappa shape index (κ2) is 4.99. The first-order chi connectivity index (χ1) is 8.42. The van der Waals surface area contributed by atoms with Crippen molar-refractivity contribution in [2.45, 2.75) is 38.1 Å². The van der Waals surface area contributed by atoms with Gasteiger partial charge in [-0.05, 0) is 32.7 Å². The van der Waals surface area contributed by atoms with Crippen molar-refractivity contribution in [1.29, 1.82) is 0 Å². The van der Waals surface area contributed by atoms with Crippen molar-refractivity contribution < 1.29 is 8.42 Å². The highest BCUT2D eigenvalue weighted by Gasteiger charge is 2.29. The van der Waals surface area contributed by atoms with E-state index in [1.807, 2.05) is 0 Å². The van der Waals surface area contributed by atoms with Gasteiger partial charge in [0.25, 0.3) is 0 Å². The van der Waals surface area contributed by atoms with E-state index in [0.29, 0.717) is 23.9 Å². The molecule has 0 saturated carbocycles. The van der Waals surface area contributed by atoms with Gasteiger partial charge in [0.1, 0.15) is 4.90 Å². The van der Waals surface area contributed by atoms with Crippen LogP contribution in [0.1, 0.15) is 24.7 Å². The minimum absolute atomic E-state index is 0.0579. The van der Waals surface area contributed by atoms with Gasteiger partial charge in [-0.25, -0.2) is 13.1 Å². The van der Waals surface area contributed by atoms with Gasteiger partial charge < -0.3 is 5.32 Å². The fourth-order valence-corrected chi connectivity index (χ4v) is 4.06. The number of rotatable bonds is 3. The number of sulfonamides is 1. The van der Waals surface area contributed by atoms with Gasteiger partial charge in [-0.2, -0.15) is 5.10 Å². The Hall–Kier alpha value is -0.920. The predicted octanol–water partition coefficient (Wildman–Crippen LogP) is 0.303. The summed E-state index contributed by atoms with van der Waals surface area (Å²) in [6, 6.07) is -0.0579. The monoisotopic (exact) mass is 272 g/mol. The van der Waals surface area contributed by atoms with Gasteiger partial charge in [-0.1, -0.05) is 6.92 Å². The number of H-pyrrole nitrogens is 1. The lowest BCUT2D eigenvalue weighted by atomic mass is 9.96. The second-order valence-corrected chi connectivity index (χ2v) is 6.61. The van der Waals surface area contributed by atoms with Crippen molar-refractivity contribution in [3.8, 4) is 0 Å². The van der Waals surface area contributed by atoms with Crippen molar-refractivity contribution >= 4 is 10.0 Å². The molecule has 1 saturated heterocycles. The van der Waals surface area contributed by atoms with Gasteiger partial charge in [0, 0.05) is 12.6 Å². The summed E-state index contributed by atoms with van der Waals surface area (Å²) in [6.07, 6.45) is 0.983. The van der Waals surface area contributed by atoms with E-state index < -0.39 is 10.0 Å². The molecule has 2 atom stereocenters. The molecule has 6 nitrogen and oxygen atoms in total. The minimum Gasteiger partial charge on any atom is -0.315 e. The van der Waals surface area contributed by atoms with Crippen LogP contribution in [0.25, 0.3) is 0 Å². The van der Waals surface area contributed by atoms with E-state index in [4.69, 9.17) is 0 Å². The third-order valence-corrected chi connectivity index (χ3v) is 5.22. The number of nitrogens with zero attached hydrogens (tertiary/aromatic N) is 1. The molecule has 1 aliphatic heterocycles. The van der Waals surface area contributed by atoms with Crippen LogP contribution in [0, 0.1) is 19.8 Å². The van der Waals surface area contributed by atoms with Crippen LogP contribution in [0.15, 0.2) is 4.90 Å². The Bertz CT molecular complexity index is 504. The van der Waals surface area contributed by atoms with Crippen LogP contribution in [0.5, 0.6) is 0 Å². The standard InChI is InChI=1S/C11H20N4O2S/c1-7-4-5-12-6-10(7)15-18(16,17)11-8(2)13-14-9(11)3/h7,10,12,15H,4-6H2,1-3H3,(H,13,14)/t7-,10-/m1/s1. The molecule has 1 fully saturated rings. The van der Waals surface area contributed by atoms with Gasteiger partial charge in [0.2, 0.25) is 10.0 Å². The van der Waals surface area contributed by atoms with Crippen LogP contribution in [0.4, 0.5) is 0 Å². The molecule has 0 aromatic carbocycles. The Morgan fingerprint density at radius 3 is 2.67 bits per heavy atom. The largest absolute Gasteiger partial charge is 0.315 e. The third-order valence-electron chi connectivity index (χ3n) is 3.46. The summed E-state index contributed by atoms with van der Waals surface area (Å²) in [7, 11) is -3.49. The molecule has 1 aromatic rings. The number of aromatic nitrogens is 2. The molecule has 7 heteroatoms. The summed E-state index contributed by atoms with van der Waals surface area (Å²) >= 11 is 0. The van der Waals surface area contributed by atoms with E-state index >= 15 is 0 Å². The van der Waals surface area contributed by atoms with Crippen molar-refractivity contribution in [1.82, 2.24) is 20.2 Å². The third kappa shape index (κ3) is 2.57. The maximum absolute atomic E-state index is 12.3. The fourth-order valence-electron chi connectivity index (χ4n) is 2.34. The Kier molecular flexibility index (Phi) is 3.74. The Morgan fingerprint density at radius 2 is 2.11 bits per heavy atom. The van der Waals surface area contributed by atoms with Crippen LogP contribution in [0.2, 0.25) is 0 Å². The summed E-state index contributed by atoms with van der Waals surface area (Å²) in [4.78, 5) is 0.278. The zero-order valence-corrected chi connectivity index (χ0v) is 11.8. The number of nitrogens with one attached hydrogen (secondary N) is 3. The fraction of sp³-hybridized carbons (Fsp3) is 0.727. The van der Waals surface area contributed by atoms with E-state index in [1.54, 1.807) is 13.8 Å². The van der Waals surface area contributed by atoms with E-state index in [2.05, 4.69) is 27.2 Å². The van der Waals surface area contributed by atoms with E-state index in [9.17, 15) is 8.42 Å². The Morgan fingerprint density at radius 1 is 1.39 bits per heavy atom. The van der Waals surface area contributed by atoms with Crippen molar-refractivity contribution in [2.75, 3.05) is 13.1 Å². The first-order valence-corrected chi connectivity index (χ1v) is 7.64. The molecule has 2 heterocycles. The summed E-state index contributed by atoms with van der Waals surface area (Å²) in [6.45, 7) is 7.11. The molecule has 3 N–H and O–H groups in total. The lowest BCUT2D eigenvalue weighted by Crippen LogP contribution is -2.50. The average Bonchev–Trinajstić information content (AvgIpc) is 2.62. The first kappa shape index (κ1) is 13.5. The van der Waals surface area contributed by atoms with Gasteiger partial charge in [0.05, 0.1) is 11.4 Å². The lowest BCUT2D eigenvalue weighted by molar-refractivity contribution is 0.327. The van der Waals surface area contributed by atoms with Crippen molar-refractivity contribution in [2.24, 2.45) is 5.92 Å². The van der Waals surface area contributed by atoms with Crippen molar-refractivity contribution in [3.63, 3.8) is 0 Å². The van der Waals surface area contributed by atoms with Gasteiger partial charge in [-0.3, -0.25) is 5.10 Å². The first-order valence-electron chi connectivity index (χ1n) is 6.16. The molecular weight excluding hydrogens is 252 g/mol. The summed E-state index contributed by atoms with van der Waals surface area (Å²) in [5.74, 6) is 0.341. The highest BCUT2D eigenvalue weighted by atomic mass is 32.2. The zero-order chi connectivity index (χ0) is 13.3. The molecule has 1 aliphatic rings. The van der Waals surface area contributed by atoms with Crippen LogP contribution >= 0.6 is 0 Å². The number of hydrogen-bond acceptors (Lipinski definition) is 4. The molecule has 0 amide bonds. The maximum Gasteiger partial charge on any atom is 0.244 e. The number of hydrogen-bond donors (Lipinski definition) is 3. The Balaban J connectivity index is 2.22. The van der Waals surface area contributed by atoms with E-state index in [-0.39, 0.29) is 10.9 Å². The topological polar surface area (TPSA) is 86.9 Å². The molecule has 0 unspecified atom stereocenters. The summed E-state index contributed by atoms with van der Waals surface area (Å²) in [5, 5.41) is 9.85. The molecule has 0 spiro atoms. The Labute approximate surface area is 108 Å². The normalized spacial score (nSPS) is 25.3. The SMILES string of the molecule is Cc1n[nH]c(C)c1S(=O)(=O)N[C@@H]1CNCC[C@H]1C. The van der Waals surface area contributed by atoms with E-state index in [1.165, 1.54) is 0 Å². The molecule has 0 radical (unpaired) electrons. The minimum atomic E-state index is -3.49. The molecule has 0 aliphatic carbocycles. The van der Waals surface area contributed by atoms with Gasteiger partial charge >= 0.3 is 0 Å². The zero-order valence-electron chi connectivity index (χ0n) is 10.9. The lowest BCUT2D eigenvalue weighted by Gasteiger charge is -2.29. The van der Waals surface area contributed by atoms with Crippen LogP contribution in [-0.4, -0.2) is 37.7 Å². The van der Waals surface area contributed by atoms with E-state index in [0.717, 1.165) is 13.0 Å². The summed E-state index contributed by atoms with van der Waals surface area (Å²) in [5.41, 5.74) is 1.09. The number of piperidine rings is 1. The summed E-state index contributed by atoms with van der Waals surface area (Å²) < 4.78 is 27.5. The molecule has 0 bridgehead atoms.